The summed E-state index contributed by atoms with van der Waals surface area (Å²) in [4.78, 5) is 25.5. The van der Waals surface area contributed by atoms with Crippen molar-refractivity contribution < 1.29 is 9.18 Å². The number of hydrogen-bond donors (Lipinski definition) is 1. The van der Waals surface area contributed by atoms with Gasteiger partial charge in [0.25, 0.3) is 5.56 Å². The van der Waals surface area contributed by atoms with E-state index in [1.54, 1.807) is 17.5 Å². The average Bonchev–Trinajstić information content (AvgIpc) is 2.91. The molecule has 7 heteroatoms. The Bertz CT molecular complexity index is 980. The number of hydrogen-bond acceptors (Lipinski definition) is 3. The van der Waals surface area contributed by atoms with Crippen molar-refractivity contribution in [3.05, 3.63) is 68.2 Å². The summed E-state index contributed by atoms with van der Waals surface area (Å²) in [6.45, 7) is 2.03. The maximum Gasteiger partial charge on any atom is 0.259 e. The molecule has 0 aliphatic heterocycles. The van der Waals surface area contributed by atoms with Gasteiger partial charge in [-0.15, -0.1) is 11.3 Å². The lowest BCUT2D eigenvalue weighted by molar-refractivity contribution is -0.121. The second kappa shape index (κ2) is 6.75. The standard InChI is InChI=1S/C17H14ClFN2O2S/c1-10-6-13-15(24-10)4-5-21(17(13)23)9-16(22)20-8-11-2-3-12(19)7-14(11)18/h2-7H,8-9H2,1H3,(H,20,22). The Hall–Kier alpha value is -2.18. The van der Waals surface area contributed by atoms with Gasteiger partial charge in [0.15, 0.2) is 0 Å². The number of thiophene rings is 1. The molecule has 24 heavy (non-hydrogen) atoms. The van der Waals surface area contributed by atoms with E-state index in [2.05, 4.69) is 5.32 Å². The van der Waals surface area contributed by atoms with E-state index >= 15 is 0 Å². The van der Waals surface area contributed by atoms with E-state index in [1.807, 2.05) is 19.1 Å². The van der Waals surface area contributed by atoms with Crippen molar-refractivity contribution in [1.82, 2.24) is 9.88 Å². The SMILES string of the molecule is Cc1cc2c(=O)n(CC(=O)NCc3ccc(F)cc3Cl)ccc2s1. The zero-order chi connectivity index (χ0) is 17.3. The van der Waals surface area contributed by atoms with Crippen LogP contribution in [0.25, 0.3) is 10.1 Å². The maximum atomic E-state index is 13.0. The number of carbonyl (C=O) groups is 1. The van der Waals surface area contributed by atoms with Crippen LogP contribution in [0.5, 0.6) is 0 Å². The summed E-state index contributed by atoms with van der Waals surface area (Å²) < 4.78 is 15.3. The number of fused-ring (bicyclic) bond motifs is 1. The highest BCUT2D eigenvalue weighted by molar-refractivity contribution is 7.18. The molecule has 0 saturated heterocycles. The van der Waals surface area contributed by atoms with E-state index < -0.39 is 5.82 Å². The second-order valence-electron chi connectivity index (χ2n) is 5.40. The van der Waals surface area contributed by atoms with Crippen molar-refractivity contribution in [3.8, 4) is 0 Å². The number of aromatic nitrogens is 1. The topological polar surface area (TPSA) is 51.1 Å². The summed E-state index contributed by atoms with van der Waals surface area (Å²) in [6.07, 6.45) is 1.62. The second-order valence-corrected chi connectivity index (χ2v) is 7.09. The molecule has 0 radical (unpaired) electrons. The summed E-state index contributed by atoms with van der Waals surface area (Å²) >= 11 is 7.47. The Morgan fingerprint density at radius 3 is 2.88 bits per heavy atom. The molecule has 1 N–H and O–H groups in total. The minimum Gasteiger partial charge on any atom is -0.350 e. The molecule has 1 aromatic carbocycles. The first-order chi connectivity index (χ1) is 11.4. The fourth-order valence-corrected chi connectivity index (χ4v) is 3.54. The first-order valence-electron chi connectivity index (χ1n) is 7.24. The number of pyridine rings is 1. The molecule has 0 saturated carbocycles. The number of carbonyl (C=O) groups excluding carboxylic acids is 1. The van der Waals surface area contributed by atoms with Crippen LogP contribution in [0, 0.1) is 12.7 Å². The number of amides is 1. The zero-order valence-corrected chi connectivity index (χ0v) is 14.4. The molecule has 0 spiro atoms. The van der Waals surface area contributed by atoms with Crippen molar-refractivity contribution >= 4 is 38.9 Å². The fourth-order valence-electron chi connectivity index (χ4n) is 2.40. The Labute approximate surface area is 146 Å². The summed E-state index contributed by atoms with van der Waals surface area (Å²) in [6, 6.07) is 7.66. The van der Waals surface area contributed by atoms with Gasteiger partial charge in [-0.1, -0.05) is 17.7 Å². The maximum absolute atomic E-state index is 13.0. The molecule has 0 unspecified atom stereocenters. The first kappa shape index (κ1) is 16.7. The molecule has 1 amide bonds. The van der Waals surface area contributed by atoms with Gasteiger partial charge in [0.2, 0.25) is 5.91 Å². The average molecular weight is 365 g/mol. The van der Waals surface area contributed by atoms with Crippen LogP contribution in [0.3, 0.4) is 0 Å². The molecule has 2 aromatic heterocycles. The summed E-state index contributed by atoms with van der Waals surface area (Å²) in [5.74, 6) is -0.746. The molecular weight excluding hydrogens is 351 g/mol. The van der Waals surface area contributed by atoms with Crippen LogP contribution < -0.4 is 10.9 Å². The van der Waals surface area contributed by atoms with Crippen LogP contribution in [0.1, 0.15) is 10.4 Å². The van der Waals surface area contributed by atoms with Gasteiger partial charge in [0.05, 0.1) is 5.39 Å². The largest absolute Gasteiger partial charge is 0.350 e. The van der Waals surface area contributed by atoms with Crippen molar-refractivity contribution in [2.75, 3.05) is 0 Å². The first-order valence-corrected chi connectivity index (χ1v) is 8.44. The Kier molecular flexibility index (Phi) is 4.69. The molecule has 124 valence electrons. The van der Waals surface area contributed by atoms with E-state index in [-0.39, 0.29) is 29.6 Å². The van der Waals surface area contributed by atoms with Gasteiger partial charge < -0.3 is 9.88 Å². The zero-order valence-electron chi connectivity index (χ0n) is 12.8. The molecule has 0 bridgehead atoms. The van der Waals surface area contributed by atoms with Gasteiger partial charge in [0.1, 0.15) is 12.4 Å². The molecular formula is C17H14ClFN2O2S. The van der Waals surface area contributed by atoms with Gasteiger partial charge in [-0.05, 0) is 36.8 Å². The summed E-state index contributed by atoms with van der Waals surface area (Å²) in [5.41, 5.74) is 0.425. The van der Waals surface area contributed by atoms with Crippen molar-refractivity contribution in [2.45, 2.75) is 20.0 Å². The van der Waals surface area contributed by atoms with E-state index in [0.717, 1.165) is 9.58 Å². The van der Waals surface area contributed by atoms with Crippen molar-refractivity contribution in [2.24, 2.45) is 0 Å². The summed E-state index contributed by atoms with van der Waals surface area (Å²) in [7, 11) is 0. The normalized spacial score (nSPS) is 11.0. The molecule has 0 aliphatic rings. The molecule has 0 atom stereocenters. The number of halogens is 2. The van der Waals surface area contributed by atoms with Gasteiger partial charge in [-0.25, -0.2) is 4.39 Å². The van der Waals surface area contributed by atoms with Crippen molar-refractivity contribution in [3.63, 3.8) is 0 Å². The molecule has 4 nitrogen and oxygen atoms in total. The predicted octanol–water partition coefficient (Wildman–Crippen LogP) is 3.48. The molecule has 3 aromatic rings. The van der Waals surface area contributed by atoms with E-state index in [4.69, 9.17) is 11.6 Å². The number of rotatable bonds is 4. The number of benzene rings is 1. The number of aryl methyl sites for hydroxylation is 1. The van der Waals surface area contributed by atoms with E-state index in [1.165, 1.54) is 22.8 Å². The van der Waals surface area contributed by atoms with Crippen LogP contribution in [-0.2, 0) is 17.9 Å². The van der Waals surface area contributed by atoms with Gasteiger partial charge in [-0.2, -0.15) is 0 Å². The minimum absolute atomic E-state index is 0.0809. The lowest BCUT2D eigenvalue weighted by Crippen LogP contribution is -2.31. The van der Waals surface area contributed by atoms with Gasteiger partial charge in [-0.3, -0.25) is 9.59 Å². The highest BCUT2D eigenvalue weighted by Crippen LogP contribution is 2.21. The monoisotopic (exact) mass is 364 g/mol. The third-order valence-corrected chi connectivity index (χ3v) is 4.95. The Morgan fingerprint density at radius 2 is 2.12 bits per heavy atom. The molecule has 3 rings (SSSR count). The van der Waals surface area contributed by atoms with Gasteiger partial charge >= 0.3 is 0 Å². The smallest absolute Gasteiger partial charge is 0.259 e. The third kappa shape index (κ3) is 3.49. The number of nitrogens with zero attached hydrogens (tertiary/aromatic N) is 1. The van der Waals surface area contributed by atoms with Gasteiger partial charge in [0, 0.05) is 27.3 Å². The molecule has 0 fully saturated rings. The Morgan fingerprint density at radius 1 is 1.33 bits per heavy atom. The quantitative estimate of drug-likeness (QED) is 0.770. The van der Waals surface area contributed by atoms with E-state index in [9.17, 15) is 14.0 Å². The number of nitrogens with one attached hydrogen (secondary N) is 1. The third-order valence-electron chi connectivity index (χ3n) is 3.59. The van der Waals surface area contributed by atoms with Crippen LogP contribution >= 0.6 is 22.9 Å². The summed E-state index contributed by atoms with van der Waals surface area (Å²) in [5, 5.41) is 3.56. The van der Waals surface area contributed by atoms with Crippen LogP contribution in [0.2, 0.25) is 5.02 Å². The van der Waals surface area contributed by atoms with Crippen LogP contribution in [-0.4, -0.2) is 10.5 Å². The minimum atomic E-state index is -0.430. The lowest BCUT2D eigenvalue weighted by Gasteiger charge is -2.09. The fraction of sp³-hybridized carbons (Fsp3) is 0.176. The molecule has 0 aliphatic carbocycles. The molecule has 2 heterocycles. The van der Waals surface area contributed by atoms with Crippen LogP contribution in [0.4, 0.5) is 4.39 Å². The van der Waals surface area contributed by atoms with E-state index in [0.29, 0.717) is 10.9 Å². The van der Waals surface area contributed by atoms with Crippen LogP contribution in [0.15, 0.2) is 41.3 Å². The predicted molar refractivity (Wildman–Crippen MR) is 94.1 cm³/mol. The highest BCUT2D eigenvalue weighted by Gasteiger charge is 2.10. The highest BCUT2D eigenvalue weighted by atomic mass is 35.5. The lowest BCUT2D eigenvalue weighted by atomic mass is 10.2. The van der Waals surface area contributed by atoms with Crippen molar-refractivity contribution in [1.29, 1.82) is 0 Å². The Balaban J connectivity index is 1.71.